The van der Waals surface area contributed by atoms with Crippen LogP contribution in [0.1, 0.15) is 13.8 Å². The number of nitrogens with one attached hydrogen (secondary N) is 3. The second kappa shape index (κ2) is 11.2. The van der Waals surface area contributed by atoms with E-state index in [-0.39, 0.29) is 24.3 Å². The quantitative estimate of drug-likeness (QED) is 0.520. The van der Waals surface area contributed by atoms with Crippen molar-refractivity contribution < 1.29 is 14.4 Å². The third kappa shape index (κ3) is 7.02. The van der Waals surface area contributed by atoms with Crippen LogP contribution < -0.4 is 16.0 Å². The molecule has 1 aromatic heterocycles. The summed E-state index contributed by atoms with van der Waals surface area (Å²) in [6, 6.07) is 11.2. The van der Waals surface area contributed by atoms with E-state index in [1.807, 2.05) is 35.2 Å². The molecule has 10 nitrogen and oxygen atoms in total. The lowest BCUT2D eigenvalue weighted by atomic mass is 10.2. The summed E-state index contributed by atoms with van der Waals surface area (Å²) >= 11 is 0. The maximum atomic E-state index is 12.6. The lowest BCUT2D eigenvalue weighted by Crippen LogP contribution is -2.49. The minimum Gasteiger partial charge on any atom is -0.368 e. The highest BCUT2D eigenvalue weighted by atomic mass is 16.2. The van der Waals surface area contributed by atoms with E-state index in [1.165, 1.54) is 6.92 Å². The molecule has 3 N–H and O–H groups in total. The molecule has 170 valence electrons. The van der Waals surface area contributed by atoms with Gasteiger partial charge in [0.2, 0.25) is 17.7 Å². The third-order valence-corrected chi connectivity index (χ3v) is 5.02. The highest BCUT2D eigenvalue weighted by Gasteiger charge is 2.20. The summed E-state index contributed by atoms with van der Waals surface area (Å²) in [6.07, 6.45) is 0. The largest absolute Gasteiger partial charge is 0.368 e. The molecular formula is C22H29N7O3. The summed E-state index contributed by atoms with van der Waals surface area (Å²) in [4.78, 5) is 48.0. The molecule has 1 aliphatic heterocycles. The van der Waals surface area contributed by atoms with Crippen molar-refractivity contribution in [1.29, 1.82) is 0 Å². The number of aromatic nitrogens is 2. The van der Waals surface area contributed by atoms with E-state index in [0.717, 1.165) is 5.56 Å². The lowest BCUT2D eigenvalue weighted by molar-refractivity contribution is -0.130. The molecule has 32 heavy (non-hydrogen) atoms. The minimum absolute atomic E-state index is 0.0575. The molecule has 1 aromatic carbocycles. The average molecular weight is 440 g/mol. The van der Waals surface area contributed by atoms with Crippen LogP contribution in [0.4, 0.5) is 11.6 Å². The number of hydrogen-bond acceptors (Lipinski definition) is 7. The number of anilines is 2. The van der Waals surface area contributed by atoms with Gasteiger partial charge < -0.3 is 20.9 Å². The Morgan fingerprint density at radius 3 is 2.28 bits per heavy atom. The first kappa shape index (κ1) is 23.1. The van der Waals surface area contributed by atoms with Crippen LogP contribution in [0.25, 0.3) is 11.4 Å². The van der Waals surface area contributed by atoms with Crippen LogP contribution in [-0.2, 0) is 14.4 Å². The third-order valence-electron chi connectivity index (χ3n) is 5.02. The number of hydrogen-bond donors (Lipinski definition) is 3. The molecule has 0 spiro atoms. The van der Waals surface area contributed by atoms with Crippen LogP contribution >= 0.6 is 0 Å². The summed E-state index contributed by atoms with van der Waals surface area (Å²) in [5.74, 6) is 1.21. The zero-order chi connectivity index (χ0) is 22.9. The fraction of sp³-hybridized carbons (Fsp3) is 0.409. The van der Waals surface area contributed by atoms with Crippen molar-refractivity contribution in [2.24, 2.45) is 0 Å². The van der Waals surface area contributed by atoms with Crippen molar-refractivity contribution in [3.8, 4) is 11.4 Å². The normalized spacial score (nSPS) is 14.0. The van der Waals surface area contributed by atoms with Gasteiger partial charge in [0, 0.05) is 64.7 Å². The van der Waals surface area contributed by atoms with E-state index < -0.39 is 0 Å². The van der Waals surface area contributed by atoms with E-state index in [1.54, 1.807) is 17.9 Å². The number of rotatable bonds is 8. The van der Waals surface area contributed by atoms with Crippen LogP contribution in [-0.4, -0.2) is 83.3 Å². The first-order chi connectivity index (χ1) is 15.4. The Balaban J connectivity index is 1.66. The smallest absolute Gasteiger partial charge is 0.239 e. The van der Waals surface area contributed by atoms with Gasteiger partial charge in [-0.3, -0.25) is 19.3 Å². The molecule has 0 radical (unpaired) electrons. The van der Waals surface area contributed by atoms with Gasteiger partial charge in [0.25, 0.3) is 0 Å². The number of piperazine rings is 1. The molecule has 0 aliphatic carbocycles. The molecule has 2 aromatic rings. The van der Waals surface area contributed by atoms with Gasteiger partial charge >= 0.3 is 0 Å². The van der Waals surface area contributed by atoms with Gasteiger partial charge in [0.05, 0.1) is 6.54 Å². The van der Waals surface area contributed by atoms with E-state index in [4.69, 9.17) is 0 Å². The molecule has 1 saturated heterocycles. The molecule has 0 saturated carbocycles. The summed E-state index contributed by atoms with van der Waals surface area (Å²) in [6.45, 7) is 6.74. The summed E-state index contributed by atoms with van der Waals surface area (Å²) in [5.41, 5.74) is 0.828. The van der Waals surface area contributed by atoms with Gasteiger partial charge in [-0.25, -0.2) is 9.97 Å². The Morgan fingerprint density at radius 1 is 0.938 bits per heavy atom. The fourth-order valence-corrected chi connectivity index (χ4v) is 3.35. The molecule has 0 atom stereocenters. The Hall–Kier alpha value is -3.53. The number of benzene rings is 1. The van der Waals surface area contributed by atoms with Gasteiger partial charge in [0.1, 0.15) is 11.6 Å². The summed E-state index contributed by atoms with van der Waals surface area (Å²) < 4.78 is 0. The second-order valence-corrected chi connectivity index (χ2v) is 7.57. The molecule has 0 bridgehead atoms. The zero-order valence-corrected chi connectivity index (χ0v) is 18.4. The molecule has 3 amide bonds. The van der Waals surface area contributed by atoms with Crippen LogP contribution in [0, 0.1) is 0 Å². The Labute approximate surface area is 187 Å². The molecule has 1 aliphatic rings. The molecule has 1 fully saturated rings. The van der Waals surface area contributed by atoms with Crippen LogP contribution in [0.2, 0.25) is 0 Å². The number of nitrogens with zero attached hydrogens (tertiary/aromatic N) is 4. The van der Waals surface area contributed by atoms with Crippen LogP contribution in [0.15, 0.2) is 36.4 Å². The number of carbonyl (C=O) groups is 3. The minimum atomic E-state index is -0.178. The van der Waals surface area contributed by atoms with Crippen molar-refractivity contribution >= 4 is 29.4 Å². The van der Waals surface area contributed by atoms with Crippen molar-refractivity contribution in [2.45, 2.75) is 13.8 Å². The lowest BCUT2D eigenvalue weighted by Gasteiger charge is -2.33. The Kier molecular flexibility index (Phi) is 8.09. The first-order valence-corrected chi connectivity index (χ1v) is 10.6. The average Bonchev–Trinajstić information content (AvgIpc) is 2.77. The number of amides is 3. The second-order valence-electron chi connectivity index (χ2n) is 7.57. The van der Waals surface area contributed by atoms with E-state index in [2.05, 4.69) is 25.9 Å². The van der Waals surface area contributed by atoms with E-state index in [9.17, 15) is 14.4 Å². The zero-order valence-electron chi connectivity index (χ0n) is 18.4. The predicted molar refractivity (Wildman–Crippen MR) is 122 cm³/mol. The molecule has 2 heterocycles. The van der Waals surface area contributed by atoms with Gasteiger partial charge in [-0.1, -0.05) is 30.3 Å². The van der Waals surface area contributed by atoms with Crippen molar-refractivity contribution in [3.05, 3.63) is 36.4 Å². The van der Waals surface area contributed by atoms with Crippen molar-refractivity contribution in [1.82, 2.24) is 25.1 Å². The topological polar surface area (TPSA) is 120 Å². The first-order valence-electron chi connectivity index (χ1n) is 10.6. The van der Waals surface area contributed by atoms with Gasteiger partial charge in [-0.15, -0.1) is 0 Å². The SMILES string of the molecule is CC(=O)NCCNc1cc(NC(=O)CN2CCN(C(C)=O)CC2)nc(-c2ccccc2)n1. The molecule has 0 unspecified atom stereocenters. The summed E-state index contributed by atoms with van der Waals surface area (Å²) in [7, 11) is 0. The molecule has 10 heteroatoms. The number of carbonyl (C=O) groups excluding carboxylic acids is 3. The summed E-state index contributed by atoms with van der Waals surface area (Å²) in [5, 5.41) is 8.74. The maximum absolute atomic E-state index is 12.6. The maximum Gasteiger partial charge on any atom is 0.239 e. The van der Waals surface area contributed by atoms with Crippen LogP contribution in [0.5, 0.6) is 0 Å². The fourth-order valence-electron chi connectivity index (χ4n) is 3.35. The molecular weight excluding hydrogens is 410 g/mol. The van der Waals surface area contributed by atoms with Crippen molar-refractivity contribution in [3.63, 3.8) is 0 Å². The van der Waals surface area contributed by atoms with Crippen molar-refractivity contribution in [2.75, 3.05) is 56.4 Å². The highest BCUT2D eigenvalue weighted by Crippen LogP contribution is 2.20. The van der Waals surface area contributed by atoms with Gasteiger partial charge in [0.15, 0.2) is 5.82 Å². The van der Waals surface area contributed by atoms with Gasteiger partial charge in [-0.05, 0) is 0 Å². The van der Waals surface area contributed by atoms with Gasteiger partial charge in [-0.2, -0.15) is 0 Å². The predicted octanol–water partition coefficient (Wildman–Crippen LogP) is 0.794. The monoisotopic (exact) mass is 439 g/mol. The Morgan fingerprint density at radius 2 is 1.62 bits per heavy atom. The van der Waals surface area contributed by atoms with E-state index in [0.29, 0.717) is 56.7 Å². The van der Waals surface area contributed by atoms with E-state index >= 15 is 0 Å². The standard InChI is InChI=1S/C22H29N7O3/c1-16(30)23-8-9-24-19-14-20(27-22(26-19)18-6-4-3-5-7-18)25-21(32)15-28-10-12-29(13-11-28)17(2)31/h3-7,14H,8-13,15H2,1-2H3,(H,23,30)(H2,24,25,26,27,32). The van der Waals surface area contributed by atoms with Crippen LogP contribution in [0.3, 0.4) is 0 Å². The highest BCUT2D eigenvalue weighted by molar-refractivity contribution is 5.92. The molecule has 3 rings (SSSR count). The Bertz CT molecular complexity index is 944.